The average molecular weight is 319 g/mol. The number of benzene rings is 1. The molecule has 0 bridgehead atoms. The molecule has 0 fully saturated rings. The van der Waals surface area contributed by atoms with Crippen LogP contribution in [0, 0.1) is 10.1 Å². The summed E-state index contributed by atoms with van der Waals surface area (Å²) in [6.45, 7) is 1.93. The summed E-state index contributed by atoms with van der Waals surface area (Å²) >= 11 is 0. The van der Waals surface area contributed by atoms with E-state index in [0.29, 0.717) is 5.69 Å². The molecule has 0 aliphatic rings. The molecule has 1 amide bonds. The maximum absolute atomic E-state index is 12.0. The van der Waals surface area contributed by atoms with Crippen LogP contribution < -0.4 is 15.4 Å². The number of nitro benzene ring substituents is 1. The first-order valence-electron chi connectivity index (χ1n) is 6.90. The van der Waals surface area contributed by atoms with Crippen molar-refractivity contribution in [3.8, 4) is 5.75 Å². The average Bonchev–Trinajstić information content (AvgIpc) is 3.07. The molecule has 0 aliphatic carbocycles. The zero-order chi connectivity index (χ0) is 16.8. The van der Waals surface area contributed by atoms with Gasteiger partial charge in [0, 0.05) is 6.07 Å². The van der Waals surface area contributed by atoms with Crippen molar-refractivity contribution < 1.29 is 18.9 Å². The van der Waals surface area contributed by atoms with Crippen LogP contribution in [0.5, 0.6) is 5.75 Å². The van der Waals surface area contributed by atoms with Crippen molar-refractivity contribution in [1.82, 2.24) is 5.32 Å². The number of carbonyl (C=O) groups excluding carboxylic acids is 1. The van der Waals surface area contributed by atoms with Gasteiger partial charge in [-0.15, -0.1) is 0 Å². The molecule has 1 heterocycles. The zero-order valence-electron chi connectivity index (χ0n) is 12.7. The van der Waals surface area contributed by atoms with Crippen molar-refractivity contribution in [3.05, 3.63) is 52.5 Å². The van der Waals surface area contributed by atoms with Gasteiger partial charge in [0.25, 0.3) is 5.69 Å². The van der Waals surface area contributed by atoms with Crippen LogP contribution >= 0.6 is 0 Å². The normalized spacial score (nSPS) is 11.7. The molecule has 2 N–H and O–H groups in total. The number of amides is 1. The minimum atomic E-state index is -0.527. The van der Waals surface area contributed by atoms with Gasteiger partial charge < -0.3 is 14.5 Å². The lowest BCUT2D eigenvalue weighted by Gasteiger charge is -2.13. The lowest BCUT2D eigenvalue weighted by Crippen LogP contribution is -2.30. The van der Waals surface area contributed by atoms with Crippen molar-refractivity contribution in [2.45, 2.75) is 13.0 Å². The number of hydrogen-bond donors (Lipinski definition) is 2. The molecule has 0 saturated carbocycles. The summed E-state index contributed by atoms with van der Waals surface area (Å²) < 4.78 is 10.3. The van der Waals surface area contributed by atoms with Gasteiger partial charge >= 0.3 is 0 Å². The molecule has 0 spiro atoms. The Labute approximate surface area is 132 Å². The predicted octanol–water partition coefficient (Wildman–Crippen LogP) is 2.49. The van der Waals surface area contributed by atoms with Crippen LogP contribution in [0.25, 0.3) is 0 Å². The lowest BCUT2D eigenvalue weighted by molar-refractivity contribution is -0.384. The number of furan rings is 1. The van der Waals surface area contributed by atoms with E-state index in [1.165, 1.54) is 25.3 Å². The molecule has 1 aromatic heterocycles. The van der Waals surface area contributed by atoms with E-state index in [-0.39, 0.29) is 29.9 Å². The van der Waals surface area contributed by atoms with E-state index < -0.39 is 4.92 Å². The van der Waals surface area contributed by atoms with Gasteiger partial charge in [-0.05, 0) is 25.1 Å². The van der Waals surface area contributed by atoms with Gasteiger partial charge in [0.2, 0.25) is 5.91 Å². The lowest BCUT2D eigenvalue weighted by atomic mass is 10.2. The Morgan fingerprint density at radius 2 is 2.22 bits per heavy atom. The Kier molecular flexibility index (Phi) is 5.32. The van der Waals surface area contributed by atoms with E-state index in [2.05, 4.69) is 10.6 Å². The number of nitro groups is 1. The number of ether oxygens (including phenoxy) is 1. The fourth-order valence-electron chi connectivity index (χ4n) is 1.98. The summed E-state index contributed by atoms with van der Waals surface area (Å²) in [5.74, 6) is 0.660. The molecule has 0 unspecified atom stereocenters. The molecule has 2 rings (SSSR count). The third-order valence-electron chi connectivity index (χ3n) is 3.21. The fourth-order valence-corrected chi connectivity index (χ4v) is 1.98. The summed E-state index contributed by atoms with van der Waals surface area (Å²) in [6.07, 6.45) is 1.56. The number of non-ortho nitro benzene ring substituents is 1. The van der Waals surface area contributed by atoms with Crippen molar-refractivity contribution in [2.24, 2.45) is 0 Å². The molecule has 1 atom stereocenters. The first-order chi connectivity index (χ1) is 11.0. The first kappa shape index (κ1) is 16.5. The molecular weight excluding hydrogens is 302 g/mol. The number of hydrogen-bond acceptors (Lipinski definition) is 6. The van der Waals surface area contributed by atoms with Gasteiger partial charge in [0.05, 0.1) is 42.6 Å². The van der Waals surface area contributed by atoms with Gasteiger partial charge in [-0.3, -0.25) is 20.2 Å². The van der Waals surface area contributed by atoms with Gasteiger partial charge in [0.1, 0.15) is 11.5 Å². The second kappa shape index (κ2) is 7.41. The highest BCUT2D eigenvalue weighted by Crippen LogP contribution is 2.28. The smallest absolute Gasteiger partial charge is 0.273 e. The van der Waals surface area contributed by atoms with Crippen LogP contribution in [0.15, 0.2) is 41.0 Å². The highest BCUT2D eigenvalue weighted by molar-refractivity contribution is 5.93. The number of methoxy groups -OCH3 is 1. The molecule has 0 radical (unpaired) electrons. The number of rotatable bonds is 7. The fraction of sp³-hybridized carbons (Fsp3) is 0.267. The van der Waals surface area contributed by atoms with Crippen LogP contribution in [0.2, 0.25) is 0 Å². The summed E-state index contributed by atoms with van der Waals surface area (Å²) in [4.78, 5) is 22.2. The second-order valence-electron chi connectivity index (χ2n) is 4.81. The molecule has 8 nitrogen and oxygen atoms in total. The Morgan fingerprint density at radius 3 is 2.83 bits per heavy atom. The molecular formula is C15H17N3O5. The van der Waals surface area contributed by atoms with E-state index in [9.17, 15) is 14.9 Å². The SMILES string of the molecule is COc1cc([N+](=O)[O-])ccc1NC(=O)CN[C@@H](C)c1ccco1. The third-order valence-corrected chi connectivity index (χ3v) is 3.21. The summed E-state index contributed by atoms with van der Waals surface area (Å²) in [7, 11) is 1.38. The summed E-state index contributed by atoms with van der Waals surface area (Å²) in [6, 6.07) is 7.47. The Morgan fingerprint density at radius 1 is 1.43 bits per heavy atom. The Hall–Kier alpha value is -2.87. The zero-order valence-corrected chi connectivity index (χ0v) is 12.7. The maximum atomic E-state index is 12.0. The quantitative estimate of drug-likeness (QED) is 0.600. The van der Waals surface area contributed by atoms with Crippen LogP contribution in [-0.4, -0.2) is 24.5 Å². The van der Waals surface area contributed by atoms with E-state index in [1.54, 1.807) is 12.3 Å². The van der Waals surface area contributed by atoms with Crippen molar-refractivity contribution in [3.63, 3.8) is 0 Å². The number of carbonyl (C=O) groups is 1. The molecule has 0 saturated heterocycles. The monoisotopic (exact) mass is 319 g/mol. The van der Waals surface area contributed by atoms with E-state index in [1.807, 2.05) is 13.0 Å². The van der Waals surface area contributed by atoms with Crippen molar-refractivity contribution in [1.29, 1.82) is 0 Å². The highest BCUT2D eigenvalue weighted by Gasteiger charge is 2.14. The first-order valence-corrected chi connectivity index (χ1v) is 6.90. The van der Waals surface area contributed by atoms with Crippen molar-refractivity contribution in [2.75, 3.05) is 19.0 Å². The van der Waals surface area contributed by atoms with Crippen LogP contribution in [0.1, 0.15) is 18.7 Å². The second-order valence-corrected chi connectivity index (χ2v) is 4.81. The van der Waals surface area contributed by atoms with Gasteiger partial charge in [-0.25, -0.2) is 0 Å². The molecule has 2 aromatic rings. The van der Waals surface area contributed by atoms with Gasteiger partial charge in [-0.2, -0.15) is 0 Å². The van der Waals surface area contributed by atoms with E-state index in [4.69, 9.17) is 9.15 Å². The summed E-state index contributed by atoms with van der Waals surface area (Å²) in [5.41, 5.74) is 0.264. The summed E-state index contributed by atoms with van der Waals surface area (Å²) in [5, 5.41) is 16.4. The van der Waals surface area contributed by atoms with Gasteiger partial charge in [0.15, 0.2) is 0 Å². The number of nitrogens with one attached hydrogen (secondary N) is 2. The Bertz CT molecular complexity index is 684. The maximum Gasteiger partial charge on any atom is 0.273 e. The number of anilines is 1. The third kappa shape index (κ3) is 4.30. The topological polar surface area (TPSA) is 107 Å². The minimum absolute atomic E-state index is 0.0575. The van der Waals surface area contributed by atoms with Crippen LogP contribution in [0.4, 0.5) is 11.4 Å². The number of nitrogens with zero attached hydrogens (tertiary/aromatic N) is 1. The van der Waals surface area contributed by atoms with E-state index >= 15 is 0 Å². The van der Waals surface area contributed by atoms with Crippen LogP contribution in [0.3, 0.4) is 0 Å². The standard InChI is InChI=1S/C15H17N3O5/c1-10(13-4-3-7-23-13)16-9-15(19)17-12-6-5-11(18(20)21)8-14(12)22-2/h3-8,10,16H,9H2,1-2H3,(H,17,19)/t10-/m0/s1. The predicted molar refractivity (Wildman–Crippen MR) is 83.4 cm³/mol. The molecule has 23 heavy (non-hydrogen) atoms. The Balaban J connectivity index is 1.96. The van der Waals surface area contributed by atoms with Crippen LogP contribution in [-0.2, 0) is 4.79 Å². The highest BCUT2D eigenvalue weighted by atomic mass is 16.6. The van der Waals surface area contributed by atoms with E-state index in [0.717, 1.165) is 5.76 Å². The molecule has 122 valence electrons. The van der Waals surface area contributed by atoms with Crippen molar-refractivity contribution >= 4 is 17.3 Å². The molecule has 0 aliphatic heterocycles. The molecule has 1 aromatic carbocycles. The largest absolute Gasteiger partial charge is 0.494 e. The van der Waals surface area contributed by atoms with Gasteiger partial charge in [-0.1, -0.05) is 0 Å². The molecule has 8 heteroatoms. The minimum Gasteiger partial charge on any atom is -0.494 e.